The molecule has 3 aliphatic rings. The normalized spacial score (nSPS) is 26.0. The number of piperazine rings is 1. The van der Waals surface area contributed by atoms with Gasteiger partial charge in [-0.25, -0.2) is 0 Å². The van der Waals surface area contributed by atoms with Crippen molar-refractivity contribution in [3.05, 3.63) is 34.3 Å². The van der Waals surface area contributed by atoms with Crippen LogP contribution in [-0.4, -0.2) is 61.0 Å². The zero-order valence-corrected chi connectivity index (χ0v) is 16.2. The molecule has 2 heterocycles. The van der Waals surface area contributed by atoms with Gasteiger partial charge in [0.2, 0.25) is 5.91 Å². The molecule has 132 valence electrons. The lowest BCUT2D eigenvalue weighted by molar-refractivity contribution is -0.133. The van der Waals surface area contributed by atoms with Crippen LogP contribution >= 0.6 is 28.3 Å². The molecule has 0 spiro atoms. The van der Waals surface area contributed by atoms with Gasteiger partial charge in [-0.1, -0.05) is 28.1 Å². The molecule has 1 aromatic rings. The second-order valence-electron chi connectivity index (χ2n) is 7.07. The third kappa shape index (κ3) is 3.36. The highest BCUT2D eigenvalue weighted by atomic mass is 79.9. The summed E-state index contributed by atoms with van der Waals surface area (Å²) in [5.74, 6) is 0.359. The van der Waals surface area contributed by atoms with E-state index in [2.05, 4.69) is 55.3 Å². The molecular formula is C18H25BrClN3O. The van der Waals surface area contributed by atoms with Gasteiger partial charge in [-0.2, -0.15) is 0 Å². The highest BCUT2D eigenvalue weighted by Gasteiger charge is 2.53. The molecule has 1 aromatic carbocycles. The lowest BCUT2D eigenvalue weighted by atomic mass is 9.94. The number of rotatable bonds is 3. The molecule has 0 bridgehead atoms. The van der Waals surface area contributed by atoms with Crippen LogP contribution in [0.1, 0.15) is 24.8 Å². The summed E-state index contributed by atoms with van der Waals surface area (Å²) in [6, 6.07) is 8.88. The van der Waals surface area contributed by atoms with E-state index in [4.69, 9.17) is 0 Å². The molecule has 24 heavy (non-hydrogen) atoms. The van der Waals surface area contributed by atoms with Gasteiger partial charge in [0, 0.05) is 49.8 Å². The number of likely N-dealkylation sites (tertiary alicyclic amines) is 1. The molecular weight excluding hydrogens is 390 g/mol. The Morgan fingerprint density at radius 1 is 1.12 bits per heavy atom. The first-order valence-corrected chi connectivity index (χ1v) is 9.48. The minimum absolute atomic E-state index is 0. The van der Waals surface area contributed by atoms with Gasteiger partial charge in [-0.05, 0) is 37.0 Å². The first kappa shape index (κ1) is 18.2. The van der Waals surface area contributed by atoms with Crippen molar-refractivity contribution in [3.63, 3.8) is 0 Å². The van der Waals surface area contributed by atoms with Gasteiger partial charge in [-0.15, -0.1) is 12.4 Å². The van der Waals surface area contributed by atoms with Crippen molar-refractivity contribution in [1.29, 1.82) is 0 Å². The van der Waals surface area contributed by atoms with Gasteiger partial charge in [-0.3, -0.25) is 9.69 Å². The van der Waals surface area contributed by atoms with Crippen LogP contribution < -0.4 is 5.32 Å². The van der Waals surface area contributed by atoms with Gasteiger partial charge >= 0.3 is 0 Å². The van der Waals surface area contributed by atoms with Gasteiger partial charge in [0.15, 0.2) is 0 Å². The molecule has 2 aliphatic heterocycles. The minimum Gasteiger partial charge on any atom is -0.340 e. The third-order valence-corrected chi connectivity index (χ3v) is 6.20. The maximum Gasteiger partial charge on any atom is 0.233 e. The van der Waals surface area contributed by atoms with Gasteiger partial charge < -0.3 is 10.2 Å². The number of nitrogens with zero attached hydrogens (tertiary/aromatic N) is 2. The summed E-state index contributed by atoms with van der Waals surface area (Å²) in [5.41, 5.74) is 0.968. The fourth-order valence-electron chi connectivity index (χ4n) is 4.09. The summed E-state index contributed by atoms with van der Waals surface area (Å²) >= 11 is 3.48. The molecule has 0 aromatic heterocycles. The molecule has 4 rings (SSSR count). The topological polar surface area (TPSA) is 35.6 Å². The van der Waals surface area contributed by atoms with Crippen LogP contribution in [0.4, 0.5) is 0 Å². The molecule has 0 radical (unpaired) electrons. The number of carbonyl (C=O) groups is 1. The molecule has 1 N–H and O–H groups in total. The Bertz CT molecular complexity index is 584. The summed E-state index contributed by atoms with van der Waals surface area (Å²) in [7, 11) is 0. The average Bonchev–Trinajstić information content (AvgIpc) is 3.25. The van der Waals surface area contributed by atoms with E-state index in [0.717, 1.165) is 63.0 Å². The molecule has 1 aliphatic carbocycles. The molecule has 2 saturated heterocycles. The second kappa shape index (κ2) is 7.32. The predicted molar refractivity (Wildman–Crippen MR) is 102 cm³/mol. The van der Waals surface area contributed by atoms with E-state index in [1.165, 1.54) is 5.56 Å². The maximum absolute atomic E-state index is 13.1. The van der Waals surface area contributed by atoms with E-state index in [9.17, 15) is 4.79 Å². The zero-order valence-electron chi connectivity index (χ0n) is 13.8. The number of nitrogens with one attached hydrogen (secondary N) is 1. The summed E-state index contributed by atoms with van der Waals surface area (Å²) in [4.78, 5) is 17.8. The summed E-state index contributed by atoms with van der Waals surface area (Å²) < 4.78 is 1.07. The Labute approximate surface area is 158 Å². The van der Waals surface area contributed by atoms with Gasteiger partial charge in [0.1, 0.15) is 0 Å². The van der Waals surface area contributed by atoms with E-state index in [1.807, 2.05) is 0 Å². The zero-order chi connectivity index (χ0) is 15.9. The largest absolute Gasteiger partial charge is 0.340 e. The fourth-order valence-corrected chi connectivity index (χ4v) is 4.36. The number of benzene rings is 1. The molecule has 6 heteroatoms. The molecule has 4 nitrogen and oxygen atoms in total. The standard InChI is InChI=1S/C18H24BrN3O.ClH/c19-15-3-1-14(2-4-15)18(6-7-18)17(23)22-10-5-16(13-22)21-11-8-20-9-12-21;/h1-4,16,20H,5-13H2;1H. The number of amides is 1. The highest BCUT2D eigenvalue weighted by Crippen LogP contribution is 2.50. The average molecular weight is 415 g/mol. The number of hydrogen-bond acceptors (Lipinski definition) is 3. The lowest BCUT2D eigenvalue weighted by Crippen LogP contribution is -2.49. The van der Waals surface area contributed by atoms with Gasteiger partial charge in [0.05, 0.1) is 5.41 Å². The first-order valence-electron chi connectivity index (χ1n) is 8.69. The smallest absolute Gasteiger partial charge is 0.233 e. The van der Waals surface area contributed by atoms with E-state index in [1.54, 1.807) is 0 Å². The Balaban J connectivity index is 0.00000169. The van der Waals surface area contributed by atoms with E-state index in [-0.39, 0.29) is 17.8 Å². The molecule has 1 amide bonds. The molecule has 1 saturated carbocycles. The predicted octanol–water partition coefficient (Wildman–Crippen LogP) is 2.41. The Kier molecular flexibility index (Phi) is 5.55. The third-order valence-electron chi connectivity index (χ3n) is 5.67. The summed E-state index contributed by atoms with van der Waals surface area (Å²) in [6.07, 6.45) is 3.13. The quantitative estimate of drug-likeness (QED) is 0.825. The van der Waals surface area contributed by atoms with Crippen molar-refractivity contribution in [2.24, 2.45) is 0 Å². The Morgan fingerprint density at radius 2 is 1.79 bits per heavy atom. The van der Waals surface area contributed by atoms with Crippen molar-refractivity contribution < 1.29 is 4.79 Å². The van der Waals surface area contributed by atoms with Crippen LogP contribution in [0.25, 0.3) is 0 Å². The van der Waals surface area contributed by atoms with Crippen LogP contribution in [0, 0.1) is 0 Å². The number of halogens is 2. The highest BCUT2D eigenvalue weighted by molar-refractivity contribution is 9.10. The molecule has 1 unspecified atom stereocenters. The Morgan fingerprint density at radius 3 is 2.42 bits per heavy atom. The lowest BCUT2D eigenvalue weighted by Gasteiger charge is -2.33. The van der Waals surface area contributed by atoms with Crippen molar-refractivity contribution in [1.82, 2.24) is 15.1 Å². The minimum atomic E-state index is -0.223. The number of hydrogen-bond donors (Lipinski definition) is 1. The SMILES string of the molecule is Cl.O=C(N1CCC(N2CCNCC2)C1)C1(c2ccc(Br)cc2)CC1. The van der Waals surface area contributed by atoms with Crippen LogP contribution in [0.3, 0.4) is 0 Å². The van der Waals surface area contributed by atoms with Crippen LogP contribution in [0.15, 0.2) is 28.7 Å². The van der Waals surface area contributed by atoms with E-state index >= 15 is 0 Å². The van der Waals surface area contributed by atoms with Crippen molar-refractivity contribution in [2.45, 2.75) is 30.7 Å². The first-order chi connectivity index (χ1) is 11.2. The molecule has 3 fully saturated rings. The van der Waals surface area contributed by atoms with Crippen molar-refractivity contribution in [3.8, 4) is 0 Å². The fraction of sp³-hybridized carbons (Fsp3) is 0.611. The van der Waals surface area contributed by atoms with Crippen LogP contribution in [0.5, 0.6) is 0 Å². The summed E-state index contributed by atoms with van der Waals surface area (Å²) in [6.45, 7) is 6.22. The van der Waals surface area contributed by atoms with Crippen molar-refractivity contribution in [2.75, 3.05) is 39.3 Å². The van der Waals surface area contributed by atoms with E-state index in [0.29, 0.717) is 11.9 Å². The van der Waals surface area contributed by atoms with Crippen LogP contribution in [0.2, 0.25) is 0 Å². The maximum atomic E-state index is 13.1. The summed E-state index contributed by atoms with van der Waals surface area (Å²) in [5, 5.41) is 3.41. The van der Waals surface area contributed by atoms with Gasteiger partial charge in [0.25, 0.3) is 0 Å². The van der Waals surface area contributed by atoms with E-state index < -0.39 is 0 Å². The second-order valence-corrected chi connectivity index (χ2v) is 7.98. The monoisotopic (exact) mass is 413 g/mol. The molecule has 1 atom stereocenters. The Hall–Kier alpha value is -0.620. The van der Waals surface area contributed by atoms with Crippen molar-refractivity contribution >= 4 is 34.2 Å². The van der Waals surface area contributed by atoms with Crippen LogP contribution in [-0.2, 0) is 10.2 Å². The number of carbonyl (C=O) groups excluding carboxylic acids is 1.